The van der Waals surface area contributed by atoms with E-state index in [0.717, 1.165) is 109 Å². The summed E-state index contributed by atoms with van der Waals surface area (Å²) in [5, 5.41) is 9.64. The van der Waals surface area contributed by atoms with Gasteiger partial charge < -0.3 is 23.8 Å². The zero-order chi connectivity index (χ0) is 44.9. The summed E-state index contributed by atoms with van der Waals surface area (Å²) in [5.74, 6) is -1.52. The average molecular weight is 853 g/mol. The van der Waals surface area contributed by atoms with Crippen LogP contribution in [0.5, 0.6) is 0 Å². The predicted octanol–water partition coefficient (Wildman–Crippen LogP) is 13.7. The van der Waals surface area contributed by atoms with Gasteiger partial charge in [-0.25, -0.2) is 4.79 Å². The Labute approximate surface area is 373 Å². The lowest BCUT2D eigenvalue weighted by atomic mass is 10.1. The summed E-state index contributed by atoms with van der Waals surface area (Å²) in [7, 11) is 5.51. The first-order valence-electron chi connectivity index (χ1n) is 24.1. The minimum atomic E-state index is -0.883. The maximum absolute atomic E-state index is 12.8. The van der Waals surface area contributed by atoms with Crippen molar-refractivity contribution in [3.8, 4) is 0 Å². The standard InChI is InChI=1S/C53H89NO7/c1-6-8-10-12-14-16-18-20-22-24-25-26-27-28-30-32-34-36-38-40-42-44-52(56)61-49(47-59-46-45-50(53(57)58)54(3,4)5)48-60-51(55)43-41-39-37-35-33-31-29-23-21-19-17-15-13-11-9-7-2/h9,11,14-17,20-23,25-26,28,30,49-50H,6-8,10,12-13,18-19,24,27,29,31-48H2,1-5H3/p+1/b11-9+,16-14+,17-15+,22-20+,23-21+,26-25+,30-28+. The van der Waals surface area contributed by atoms with E-state index in [0.29, 0.717) is 19.3 Å². The predicted molar refractivity (Wildman–Crippen MR) is 256 cm³/mol. The van der Waals surface area contributed by atoms with Gasteiger partial charge in [-0.1, -0.05) is 157 Å². The van der Waals surface area contributed by atoms with E-state index >= 15 is 0 Å². The van der Waals surface area contributed by atoms with Crippen LogP contribution in [-0.2, 0) is 28.6 Å². The van der Waals surface area contributed by atoms with Crippen LogP contribution in [0.3, 0.4) is 0 Å². The molecule has 0 rings (SSSR count). The zero-order valence-corrected chi connectivity index (χ0v) is 39.6. The van der Waals surface area contributed by atoms with E-state index in [1.807, 2.05) is 21.1 Å². The average Bonchev–Trinajstić information content (AvgIpc) is 3.22. The fourth-order valence-electron chi connectivity index (χ4n) is 6.56. The number of unbranched alkanes of at least 4 members (excludes halogenated alkanes) is 14. The third-order valence-corrected chi connectivity index (χ3v) is 10.3. The normalized spacial score (nSPS) is 13.7. The molecule has 0 saturated carbocycles. The van der Waals surface area contributed by atoms with Crippen molar-refractivity contribution in [2.45, 2.75) is 193 Å². The van der Waals surface area contributed by atoms with Crippen molar-refractivity contribution in [3.05, 3.63) is 85.1 Å². The molecule has 61 heavy (non-hydrogen) atoms. The van der Waals surface area contributed by atoms with Gasteiger partial charge in [0, 0.05) is 19.3 Å². The summed E-state index contributed by atoms with van der Waals surface area (Å²) in [6, 6.07) is -0.625. The summed E-state index contributed by atoms with van der Waals surface area (Å²) < 4.78 is 17.3. The van der Waals surface area contributed by atoms with Crippen LogP contribution in [0.25, 0.3) is 0 Å². The van der Waals surface area contributed by atoms with Gasteiger partial charge in [0.15, 0.2) is 12.1 Å². The van der Waals surface area contributed by atoms with Crippen molar-refractivity contribution in [2.75, 3.05) is 41.0 Å². The fourth-order valence-corrected chi connectivity index (χ4v) is 6.56. The lowest BCUT2D eigenvalue weighted by Gasteiger charge is -2.31. The molecule has 0 aliphatic carbocycles. The number of ether oxygens (including phenoxy) is 3. The summed E-state index contributed by atoms with van der Waals surface area (Å²) >= 11 is 0. The molecular weight excluding hydrogens is 763 g/mol. The van der Waals surface area contributed by atoms with Gasteiger partial charge in [0.25, 0.3) is 0 Å². The number of hydrogen-bond acceptors (Lipinski definition) is 6. The molecule has 2 atom stereocenters. The molecule has 2 unspecified atom stereocenters. The topological polar surface area (TPSA) is 99.1 Å². The summed E-state index contributed by atoms with van der Waals surface area (Å²) in [6.45, 7) is 4.55. The Morgan fingerprint density at radius 2 is 0.918 bits per heavy atom. The van der Waals surface area contributed by atoms with Crippen LogP contribution in [0.15, 0.2) is 85.1 Å². The van der Waals surface area contributed by atoms with E-state index < -0.39 is 18.1 Å². The summed E-state index contributed by atoms with van der Waals surface area (Å²) in [6.07, 6.45) is 56.2. The van der Waals surface area contributed by atoms with E-state index in [4.69, 9.17) is 14.2 Å². The Hall–Kier alpha value is -3.49. The van der Waals surface area contributed by atoms with Crippen LogP contribution >= 0.6 is 0 Å². The summed E-state index contributed by atoms with van der Waals surface area (Å²) in [4.78, 5) is 37.1. The van der Waals surface area contributed by atoms with E-state index in [9.17, 15) is 19.5 Å². The lowest BCUT2D eigenvalue weighted by Crippen LogP contribution is -2.50. The number of aliphatic carboxylic acids is 1. The maximum atomic E-state index is 12.8. The number of allylic oxidation sites excluding steroid dienone is 14. The molecule has 0 aromatic rings. The van der Waals surface area contributed by atoms with Gasteiger partial charge in [-0.2, -0.15) is 0 Å². The highest BCUT2D eigenvalue weighted by atomic mass is 16.6. The van der Waals surface area contributed by atoms with Gasteiger partial charge in [-0.15, -0.1) is 0 Å². The highest BCUT2D eigenvalue weighted by Crippen LogP contribution is 2.13. The second-order valence-corrected chi connectivity index (χ2v) is 17.0. The van der Waals surface area contributed by atoms with Gasteiger partial charge in [0.1, 0.15) is 6.61 Å². The molecule has 0 fully saturated rings. The molecule has 1 N–H and O–H groups in total. The molecule has 348 valence electrons. The van der Waals surface area contributed by atoms with E-state index in [1.54, 1.807) is 0 Å². The second kappa shape index (κ2) is 43.2. The molecule has 0 radical (unpaired) electrons. The van der Waals surface area contributed by atoms with Crippen LogP contribution in [0.1, 0.15) is 181 Å². The number of nitrogens with zero attached hydrogens (tertiary/aromatic N) is 1. The maximum Gasteiger partial charge on any atom is 0.362 e. The third kappa shape index (κ3) is 41.6. The molecule has 0 heterocycles. The Kier molecular flexibility index (Phi) is 40.7. The fraction of sp³-hybridized carbons (Fsp3) is 0.679. The number of carboxylic acid groups (broad SMARTS) is 1. The lowest BCUT2D eigenvalue weighted by molar-refractivity contribution is -0.887. The summed E-state index contributed by atoms with van der Waals surface area (Å²) in [5.41, 5.74) is 0. The van der Waals surface area contributed by atoms with Crippen molar-refractivity contribution in [3.63, 3.8) is 0 Å². The van der Waals surface area contributed by atoms with Gasteiger partial charge in [-0.3, -0.25) is 9.59 Å². The number of esters is 2. The molecule has 8 nitrogen and oxygen atoms in total. The zero-order valence-electron chi connectivity index (χ0n) is 39.6. The van der Waals surface area contributed by atoms with Crippen molar-refractivity contribution in [1.82, 2.24) is 0 Å². The Morgan fingerprint density at radius 1 is 0.508 bits per heavy atom. The molecule has 0 aliphatic heterocycles. The van der Waals surface area contributed by atoms with Crippen LogP contribution in [-0.4, -0.2) is 80.6 Å². The molecule has 8 heteroatoms. The largest absolute Gasteiger partial charge is 0.477 e. The molecular formula is C53H90NO7+. The van der Waals surface area contributed by atoms with Crippen LogP contribution in [0, 0.1) is 0 Å². The van der Waals surface area contributed by atoms with Gasteiger partial charge in [0.05, 0.1) is 34.4 Å². The molecule has 0 amide bonds. The van der Waals surface area contributed by atoms with E-state index in [-0.39, 0.29) is 36.2 Å². The van der Waals surface area contributed by atoms with E-state index in [2.05, 4.69) is 98.9 Å². The first-order valence-corrected chi connectivity index (χ1v) is 24.1. The molecule has 0 aromatic heterocycles. The van der Waals surface area contributed by atoms with Crippen LogP contribution in [0.4, 0.5) is 0 Å². The van der Waals surface area contributed by atoms with Crippen molar-refractivity contribution in [2.24, 2.45) is 0 Å². The van der Waals surface area contributed by atoms with E-state index in [1.165, 1.54) is 38.5 Å². The SMILES string of the molecule is CC/C=C/C/C=C/C/C=C/CCCCCCCCC(=O)OCC(COCCC(C(=O)O)[N+](C)(C)C)OC(=O)CCCCCCC/C=C/C/C=C/C/C=C/C/C=C/CCCCC. The first-order chi connectivity index (χ1) is 29.6. The van der Waals surface area contributed by atoms with Crippen molar-refractivity contribution < 1.29 is 38.2 Å². The first kappa shape index (κ1) is 57.5. The van der Waals surface area contributed by atoms with Gasteiger partial charge >= 0.3 is 17.9 Å². The highest BCUT2D eigenvalue weighted by molar-refractivity contribution is 5.72. The molecule has 0 aliphatic rings. The quantitative estimate of drug-likeness (QED) is 0.0283. The minimum Gasteiger partial charge on any atom is -0.477 e. The Morgan fingerprint density at radius 3 is 1.36 bits per heavy atom. The van der Waals surface area contributed by atoms with Crippen LogP contribution < -0.4 is 0 Å². The second-order valence-electron chi connectivity index (χ2n) is 17.0. The molecule has 0 aromatic carbocycles. The molecule has 0 spiro atoms. The number of carboxylic acids is 1. The number of hydrogen-bond donors (Lipinski definition) is 1. The minimum absolute atomic E-state index is 0.0442. The molecule has 0 bridgehead atoms. The number of rotatable bonds is 42. The Balaban J connectivity index is 4.37. The van der Waals surface area contributed by atoms with Gasteiger partial charge in [-0.05, 0) is 89.9 Å². The number of likely N-dealkylation sites (N-methyl/N-ethyl adjacent to an activating group) is 1. The number of carbonyl (C=O) groups excluding carboxylic acids is 2. The third-order valence-electron chi connectivity index (χ3n) is 10.3. The highest BCUT2D eigenvalue weighted by Gasteiger charge is 2.31. The number of quaternary nitrogens is 1. The van der Waals surface area contributed by atoms with Crippen molar-refractivity contribution in [1.29, 1.82) is 0 Å². The Bertz CT molecular complexity index is 1270. The van der Waals surface area contributed by atoms with Gasteiger partial charge in [0.2, 0.25) is 0 Å². The smallest absolute Gasteiger partial charge is 0.362 e. The van der Waals surface area contributed by atoms with Crippen molar-refractivity contribution >= 4 is 17.9 Å². The van der Waals surface area contributed by atoms with Crippen LogP contribution in [0.2, 0.25) is 0 Å². The molecule has 0 saturated heterocycles. The monoisotopic (exact) mass is 853 g/mol. The number of carbonyl (C=O) groups is 3.